The molecule has 0 aromatic heterocycles. The molecule has 0 saturated heterocycles. The van der Waals surface area contributed by atoms with E-state index in [1.165, 1.54) is 17.1 Å². The van der Waals surface area contributed by atoms with E-state index in [0.29, 0.717) is 13.2 Å². The molecule has 0 aliphatic rings. The number of hydrogen-bond donors (Lipinski definition) is 0. The maximum Gasteiger partial charge on any atom is 0.438 e. The second-order valence-corrected chi connectivity index (χ2v) is 8.39. The van der Waals surface area contributed by atoms with Gasteiger partial charge in [-0.25, -0.2) is 9.18 Å². The molecule has 1 unspecified atom stereocenters. The number of ketones is 1. The van der Waals surface area contributed by atoms with E-state index in [0.717, 1.165) is 6.07 Å². The van der Waals surface area contributed by atoms with Gasteiger partial charge < -0.3 is 4.74 Å². The molecule has 2 rings (SSSR count). The molecule has 0 saturated carbocycles. The van der Waals surface area contributed by atoms with Crippen molar-refractivity contribution in [3.63, 3.8) is 0 Å². The Morgan fingerprint density at radius 3 is 2.03 bits per heavy atom. The molecule has 0 N–H and O–H groups in total. The molecule has 0 amide bonds. The highest BCUT2D eigenvalue weighted by atomic mass is 35.5. The van der Waals surface area contributed by atoms with Crippen LogP contribution in [0.15, 0.2) is 52.8 Å². The lowest BCUT2D eigenvalue weighted by Crippen LogP contribution is -2.46. The van der Waals surface area contributed by atoms with E-state index in [1.807, 2.05) is 0 Å². The molecule has 6 nitrogen and oxygen atoms in total. The van der Waals surface area contributed by atoms with Gasteiger partial charge in [0.1, 0.15) is 5.69 Å². The molecular formula is C23H24ClF4N3O3. The molecular weight excluding hydrogens is 478 g/mol. The summed E-state index contributed by atoms with van der Waals surface area (Å²) in [6.45, 7) is 7.06. The van der Waals surface area contributed by atoms with Crippen molar-refractivity contribution in [3.05, 3.63) is 64.2 Å². The lowest BCUT2D eigenvalue weighted by atomic mass is 9.89. The fraction of sp³-hybridized carbons (Fsp3) is 0.391. The number of carbonyl (C=O) groups is 2. The molecule has 0 radical (unpaired) electrons. The predicted molar refractivity (Wildman–Crippen MR) is 119 cm³/mol. The molecule has 0 spiro atoms. The van der Waals surface area contributed by atoms with Gasteiger partial charge in [-0.15, -0.1) is 5.11 Å². The van der Waals surface area contributed by atoms with Crippen LogP contribution in [0, 0.1) is 0 Å². The molecule has 0 heterocycles. The fourth-order valence-electron chi connectivity index (χ4n) is 3.31. The zero-order valence-electron chi connectivity index (χ0n) is 19.2. The highest BCUT2D eigenvalue weighted by molar-refractivity contribution is 6.31. The number of alkyl halides is 4. The standard InChI is InChI=1S/C23H24ClF4N3O3/c1-13(2)31(14(3)4)30-29-19-17(20(32)15-9-7-6-8-10-15)11-16(24)12-18(19)22(25,21(33)34-5)23(26,27)28/h6-14H,1-5H3. The summed E-state index contributed by atoms with van der Waals surface area (Å²) in [6, 6.07) is 8.76. The van der Waals surface area contributed by atoms with Crippen molar-refractivity contribution in [2.45, 2.75) is 51.6 Å². The lowest BCUT2D eigenvalue weighted by Gasteiger charge is -2.28. The van der Waals surface area contributed by atoms with E-state index in [4.69, 9.17) is 11.6 Å². The number of ether oxygens (including phenoxy) is 1. The molecule has 0 aliphatic heterocycles. The third kappa shape index (κ3) is 5.38. The van der Waals surface area contributed by atoms with Crippen molar-refractivity contribution < 1.29 is 31.9 Å². The summed E-state index contributed by atoms with van der Waals surface area (Å²) >= 11 is 6.00. The highest BCUT2D eigenvalue weighted by Crippen LogP contribution is 2.49. The van der Waals surface area contributed by atoms with Crippen molar-refractivity contribution in [3.8, 4) is 0 Å². The van der Waals surface area contributed by atoms with E-state index in [1.54, 1.807) is 45.9 Å². The minimum absolute atomic E-state index is 0.0891. The number of nitrogens with zero attached hydrogens (tertiary/aromatic N) is 3. The van der Waals surface area contributed by atoms with Gasteiger partial charge in [0.2, 0.25) is 0 Å². The number of hydrogen-bond acceptors (Lipinski definition) is 5. The van der Waals surface area contributed by atoms with Gasteiger partial charge in [0, 0.05) is 28.2 Å². The number of esters is 1. The first-order valence-corrected chi connectivity index (χ1v) is 10.6. The Labute approximate surface area is 199 Å². The maximum absolute atomic E-state index is 15.7. The third-order valence-electron chi connectivity index (χ3n) is 4.89. The van der Waals surface area contributed by atoms with Gasteiger partial charge in [0.25, 0.3) is 0 Å². The second kappa shape index (κ2) is 10.5. The maximum atomic E-state index is 15.7. The van der Waals surface area contributed by atoms with E-state index in [2.05, 4.69) is 15.1 Å². The Morgan fingerprint density at radius 1 is 1.00 bits per heavy atom. The van der Waals surface area contributed by atoms with Crippen LogP contribution in [-0.2, 0) is 15.2 Å². The Bertz CT molecular complexity index is 1070. The van der Waals surface area contributed by atoms with Crippen LogP contribution in [0.3, 0.4) is 0 Å². The van der Waals surface area contributed by atoms with Crippen LogP contribution >= 0.6 is 11.6 Å². The van der Waals surface area contributed by atoms with Crippen molar-refractivity contribution in [1.29, 1.82) is 0 Å². The predicted octanol–water partition coefficient (Wildman–Crippen LogP) is 6.59. The first kappa shape index (κ1) is 27.2. The quantitative estimate of drug-likeness (QED) is 0.134. The van der Waals surface area contributed by atoms with Gasteiger partial charge in [-0.3, -0.25) is 9.80 Å². The van der Waals surface area contributed by atoms with Crippen molar-refractivity contribution in [1.82, 2.24) is 5.01 Å². The number of halogens is 5. The molecule has 2 aromatic rings. The number of rotatable bonds is 8. The summed E-state index contributed by atoms with van der Waals surface area (Å²) in [5, 5.41) is 8.87. The minimum atomic E-state index is -5.75. The molecule has 0 aliphatic carbocycles. The Balaban J connectivity index is 2.94. The summed E-state index contributed by atoms with van der Waals surface area (Å²) in [6.07, 6.45) is -5.75. The topological polar surface area (TPSA) is 71.3 Å². The number of carbonyl (C=O) groups excluding carboxylic acids is 2. The minimum Gasteiger partial charge on any atom is -0.466 e. The van der Waals surface area contributed by atoms with Gasteiger partial charge >= 0.3 is 17.8 Å². The summed E-state index contributed by atoms with van der Waals surface area (Å²) in [5.74, 6) is -3.02. The molecule has 0 bridgehead atoms. The van der Waals surface area contributed by atoms with Crippen LogP contribution in [-0.4, -0.2) is 42.1 Å². The SMILES string of the molecule is COC(=O)C(F)(c1cc(Cl)cc(C(=O)c2ccccc2)c1N=NN(C(C)C)C(C)C)C(F)(F)F. The van der Waals surface area contributed by atoms with Crippen molar-refractivity contribution >= 4 is 29.0 Å². The van der Waals surface area contributed by atoms with Crippen LogP contribution < -0.4 is 0 Å². The summed E-state index contributed by atoms with van der Waals surface area (Å²) in [7, 11) is 0.615. The molecule has 1 atom stereocenters. The molecule has 34 heavy (non-hydrogen) atoms. The number of benzene rings is 2. The van der Waals surface area contributed by atoms with Gasteiger partial charge in [0.05, 0.1) is 12.7 Å². The second-order valence-electron chi connectivity index (χ2n) is 7.95. The molecule has 0 fully saturated rings. The monoisotopic (exact) mass is 501 g/mol. The molecule has 11 heteroatoms. The third-order valence-corrected chi connectivity index (χ3v) is 5.11. The van der Waals surface area contributed by atoms with E-state index < -0.39 is 45.4 Å². The molecule has 184 valence electrons. The van der Waals surface area contributed by atoms with Crippen molar-refractivity contribution in [2.24, 2.45) is 10.3 Å². The lowest BCUT2D eigenvalue weighted by molar-refractivity contribution is -0.242. The summed E-state index contributed by atoms with van der Waals surface area (Å²) < 4.78 is 61.7. The average Bonchev–Trinajstić information content (AvgIpc) is 2.77. The largest absolute Gasteiger partial charge is 0.466 e. The Morgan fingerprint density at radius 2 is 1.56 bits per heavy atom. The van der Waals surface area contributed by atoms with Gasteiger partial charge in [0.15, 0.2) is 5.78 Å². The zero-order valence-corrected chi connectivity index (χ0v) is 19.9. The number of methoxy groups -OCH3 is 1. The molecule has 2 aromatic carbocycles. The van der Waals surface area contributed by atoms with Crippen LogP contribution in [0.2, 0.25) is 5.02 Å². The van der Waals surface area contributed by atoms with Crippen LogP contribution in [0.5, 0.6) is 0 Å². The fourth-order valence-corrected chi connectivity index (χ4v) is 3.52. The van der Waals surface area contributed by atoms with Gasteiger partial charge in [-0.1, -0.05) is 47.2 Å². The summed E-state index contributed by atoms with van der Waals surface area (Å²) in [4.78, 5) is 25.3. The highest BCUT2D eigenvalue weighted by Gasteiger charge is 2.65. The van der Waals surface area contributed by atoms with Gasteiger partial charge in [-0.05, 0) is 39.8 Å². The van der Waals surface area contributed by atoms with Crippen molar-refractivity contribution in [2.75, 3.05) is 7.11 Å². The Kier molecular flexibility index (Phi) is 8.41. The smallest absolute Gasteiger partial charge is 0.438 e. The van der Waals surface area contributed by atoms with Crippen LogP contribution in [0.1, 0.15) is 49.2 Å². The summed E-state index contributed by atoms with van der Waals surface area (Å²) in [5.41, 5.74) is -7.11. The van der Waals surface area contributed by atoms with Gasteiger partial charge in [-0.2, -0.15) is 13.2 Å². The normalized spacial score (nSPS) is 13.9. The zero-order chi connectivity index (χ0) is 25.8. The van der Waals surface area contributed by atoms with E-state index in [9.17, 15) is 22.8 Å². The Hall–Kier alpha value is -3.01. The first-order valence-electron chi connectivity index (χ1n) is 10.2. The average molecular weight is 502 g/mol. The van der Waals surface area contributed by atoms with Crippen LogP contribution in [0.25, 0.3) is 0 Å². The van der Waals surface area contributed by atoms with E-state index >= 15 is 4.39 Å². The first-order chi connectivity index (χ1) is 15.8. The van der Waals surface area contributed by atoms with E-state index in [-0.39, 0.29) is 17.6 Å². The van der Waals surface area contributed by atoms with Crippen LogP contribution in [0.4, 0.5) is 23.2 Å².